The normalized spacial score (nSPS) is 14.3. The second-order valence-electron chi connectivity index (χ2n) is 5.32. The third-order valence-corrected chi connectivity index (χ3v) is 4.05. The van der Waals surface area contributed by atoms with E-state index in [-0.39, 0.29) is 0 Å². The van der Waals surface area contributed by atoms with Crippen LogP contribution in [0, 0.1) is 0 Å². The molecule has 112 valence electrons. The molecule has 2 aromatic rings. The standard InChI is InChI=1S/C15H20ClN5/c1-2-5-17-9-12-3-4-14(13(16)8-12)20-6-7-21-11-18-19-15(21)10-20/h3-4,8,11,17H,2,5-7,9-10H2,1H3. The molecule has 0 saturated heterocycles. The highest BCUT2D eigenvalue weighted by Crippen LogP contribution is 2.29. The molecule has 0 saturated carbocycles. The van der Waals surface area contributed by atoms with Crippen molar-refractivity contribution in [3.63, 3.8) is 0 Å². The Hall–Kier alpha value is -1.59. The lowest BCUT2D eigenvalue weighted by atomic mass is 10.1. The van der Waals surface area contributed by atoms with Crippen LogP contribution in [0.2, 0.25) is 5.02 Å². The van der Waals surface area contributed by atoms with E-state index in [1.54, 1.807) is 6.33 Å². The third kappa shape index (κ3) is 3.19. The predicted molar refractivity (Wildman–Crippen MR) is 84.5 cm³/mol. The average Bonchev–Trinajstić information content (AvgIpc) is 2.95. The van der Waals surface area contributed by atoms with Crippen LogP contribution in [-0.4, -0.2) is 27.9 Å². The first kappa shape index (κ1) is 14.4. The Kier molecular flexibility index (Phi) is 4.41. The molecule has 1 aromatic carbocycles. The zero-order chi connectivity index (χ0) is 14.7. The van der Waals surface area contributed by atoms with Crippen LogP contribution in [0.3, 0.4) is 0 Å². The summed E-state index contributed by atoms with van der Waals surface area (Å²) in [5.74, 6) is 0.992. The topological polar surface area (TPSA) is 46.0 Å². The van der Waals surface area contributed by atoms with E-state index in [9.17, 15) is 0 Å². The van der Waals surface area contributed by atoms with Crippen molar-refractivity contribution in [1.29, 1.82) is 0 Å². The van der Waals surface area contributed by atoms with Crippen LogP contribution in [0.4, 0.5) is 5.69 Å². The monoisotopic (exact) mass is 305 g/mol. The lowest BCUT2D eigenvalue weighted by Crippen LogP contribution is -2.33. The molecule has 5 nitrogen and oxygen atoms in total. The number of benzene rings is 1. The smallest absolute Gasteiger partial charge is 0.152 e. The Morgan fingerprint density at radius 1 is 1.33 bits per heavy atom. The molecular formula is C15H20ClN5. The van der Waals surface area contributed by atoms with Crippen LogP contribution in [0.5, 0.6) is 0 Å². The Morgan fingerprint density at radius 3 is 3.05 bits per heavy atom. The minimum absolute atomic E-state index is 0.757. The van der Waals surface area contributed by atoms with E-state index in [0.717, 1.165) is 55.7 Å². The fourth-order valence-corrected chi connectivity index (χ4v) is 2.92. The molecule has 0 unspecified atom stereocenters. The molecule has 0 radical (unpaired) electrons. The van der Waals surface area contributed by atoms with Gasteiger partial charge in [-0.15, -0.1) is 10.2 Å². The van der Waals surface area contributed by atoms with Crippen molar-refractivity contribution in [2.75, 3.05) is 18.0 Å². The summed E-state index contributed by atoms with van der Waals surface area (Å²) in [4.78, 5) is 2.26. The minimum atomic E-state index is 0.757. The van der Waals surface area contributed by atoms with Gasteiger partial charge in [0.2, 0.25) is 0 Å². The van der Waals surface area contributed by atoms with Crippen LogP contribution in [0.15, 0.2) is 24.5 Å². The number of halogens is 1. The maximum atomic E-state index is 6.46. The highest BCUT2D eigenvalue weighted by Gasteiger charge is 2.19. The van der Waals surface area contributed by atoms with Gasteiger partial charge in [-0.1, -0.05) is 24.6 Å². The van der Waals surface area contributed by atoms with Crippen LogP contribution >= 0.6 is 11.6 Å². The highest BCUT2D eigenvalue weighted by molar-refractivity contribution is 6.33. The fourth-order valence-electron chi connectivity index (χ4n) is 2.60. The van der Waals surface area contributed by atoms with Crippen molar-refractivity contribution >= 4 is 17.3 Å². The van der Waals surface area contributed by atoms with Gasteiger partial charge in [-0.25, -0.2) is 0 Å². The number of hydrogen-bond donors (Lipinski definition) is 1. The van der Waals surface area contributed by atoms with Gasteiger partial charge in [0, 0.05) is 19.6 Å². The lowest BCUT2D eigenvalue weighted by molar-refractivity contribution is 0.560. The third-order valence-electron chi connectivity index (χ3n) is 3.75. The van der Waals surface area contributed by atoms with Gasteiger partial charge >= 0.3 is 0 Å². The number of nitrogens with one attached hydrogen (secondary N) is 1. The van der Waals surface area contributed by atoms with E-state index in [2.05, 4.69) is 50.1 Å². The molecule has 3 rings (SSSR count). The average molecular weight is 306 g/mol. The van der Waals surface area contributed by atoms with Crippen molar-refractivity contribution < 1.29 is 0 Å². The molecule has 0 amide bonds. The van der Waals surface area contributed by atoms with Crippen molar-refractivity contribution in [2.24, 2.45) is 0 Å². The maximum Gasteiger partial charge on any atom is 0.152 e. The number of nitrogens with zero attached hydrogens (tertiary/aromatic N) is 4. The van der Waals surface area contributed by atoms with E-state index in [4.69, 9.17) is 11.6 Å². The first-order valence-corrected chi connectivity index (χ1v) is 7.76. The second-order valence-corrected chi connectivity index (χ2v) is 5.73. The Morgan fingerprint density at radius 2 is 2.24 bits per heavy atom. The van der Waals surface area contributed by atoms with Gasteiger partial charge in [-0.2, -0.15) is 0 Å². The summed E-state index contributed by atoms with van der Waals surface area (Å²) in [5, 5.41) is 12.3. The van der Waals surface area contributed by atoms with Crippen molar-refractivity contribution in [1.82, 2.24) is 20.1 Å². The lowest BCUT2D eigenvalue weighted by Gasteiger charge is -2.29. The van der Waals surface area contributed by atoms with Gasteiger partial charge in [-0.3, -0.25) is 0 Å². The molecule has 21 heavy (non-hydrogen) atoms. The van der Waals surface area contributed by atoms with E-state index >= 15 is 0 Å². The predicted octanol–water partition coefficient (Wildman–Crippen LogP) is 2.45. The molecule has 1 aliphatic rings. The molecule has 0 atom stereocenters. The second kappa shape index (κ2) is 6.45. The Labute approximate surface area is 129 Å². The molecule has 0 aliphatic carbocycles. The summed E-state index contributed by atoms with van der Waals surface area (Å²) in [6.45, 7) is 6.64. The largest absolute Gasteiger partial charge is 0.361 e. The number of anilines is 1. The van der Waals surface area contributed by atoms with E-state index in [1.165, 1.54) is 5.56 Å². The molecular weight excluding hydrogens is 286 g/mol. The van der Waals surface area contributed by atoms with Crippen LogP contribution in [0.1, 0.15) is 24.7 Å². The zero-order valence-electron chi connectivity index (χ0n) is 12.2. The minimum Gasteiger partial charge on any atom is -0.361 e. The van der Waals surface area contributed by atoms with Gasteiger partial charge in [0.05, 0.1) is 17.3 Å². The van der Waals surface area contributed by atoms with Gasteiger partial charge in [0.25, 0.3) is 0 Å². The molecule has 0 fully saturated rings. The summed E-state index contributed by atoms with van der Waals surface area (Å²) in [5.41, 5.74) is 2.29. The number of rotatable bonds is 5. The number of aromatic nitrogens is 3. The fraction of sp³-hybridized carbons (Fsp3) is 0.467. The van der Waals surface area contributed by atoms with Gasteiger partial charge < -0.3 is 14.8 Å². The molecule has 6 heteroatoms. The zero-order valence-corrected chi connectivity index (χ0v) is 13.0. The Bertz CT molecular complexity index is 610. The molecule has 2 heterocycles. The molecule has 1 aromatic heterocycles. The van der Waals surface area contributed by atoms with Gasteiger partial charge in [0.1, 0.15) is 6.33 Å². The first-order valence-electron chi connectivity index (χ1n) is 7.38. The van der Waals surface area contributed by atoms with Gasteiger partial charge in [0.15, 0.2) is 5.82 Å². The number of hydrogen-bond acceptors (Lipinski definition) is 4. The summed E-state index contributed by atoms with van der Waals surface area (Å²) >= 11 is 6.46. The molecule has 0 bridgehead atoms. The Balaban J connectivity index is 1.71. The van der Waals surface area contributed by atoms with E-state index in [1.807, 2.05) is 0 Å². The molecule has 1 N–H and O–H groups in total. The summed E-state index contributed by atoms with van der Waals surface area (Å²) in [6, 6.07) is 6.30. The SMILES string of the molecule is CCCNCc1ccc(N2CCn3cnnc3C2)c(Cl)c1. The maximum absolute atomic E-state index is 6.46. The number of fused-ring (bicyclic) bond motifs is 1. The summed E-state index contributed by atoms with van der Waals surface area (Å²) in [6.07, 6.45) is 2.93. The summed E-state index contributed by atoms with van der Waals surface area (Å²) < 4.78 is 2.09. The first-order chi connectivity index (χ1) is 10.3. The van der Waals surface area contributed by atoms with E-state index in [0.29, 0.717) is 0 Å². The van der Waals surface area contributed by atoms with Crippen LogP contribution in [0.25, 0.3) is 0 Å². The highest BCUT2D eigenvalue weighted by atomic mass is 35.5. The van der Waals surface area contributed by atoms with Gasteiger partial charge in [-0.05, 0) is 30.7 Å². The van der Waals surface area contributed by atoms with Crippen molar-refractivity contribution in [3.05, 3.63) is 40.9 Å². The summed E-state index contributed by atoms with van der Waals surface area (Å²) in [7, 11) is 0. The molecule has 0 spiro atoms. The van der Waals surface area contributed by atoms with Crippen LogP contribution < -0.4 is 10.2 Å². The van der Waals surface area contributed by atoms with Crippen LogP contribution in [-0.2, 0) is 19.6 Å². The quantitative estimate of drug-likeness (QED) is 0.862. The van der Waals surface area contributed by atoms with Crippen molar-refractivity contribution in [3.8, 4) is 0 Å². The van der Waals surface area contributed by atoms with E-state index < -0.39 is 0 Å². The van der Waals surface area contributed by atoms with Crippen molar-refractivity contribution in [2.45, 2.75) is 33.0 Å². The molecule has 1 aliphatic heterocycles.